The van der Waals surface area contributed by atoms with Crippen LogP contribution in [0.15, 0.2) is 30.3 Å². The number of carbonyl (C=O) groups excluding carboxylic acids is 2. The van der Waals surface area contributed by atoms with Gasteiger partial charge in [0, 0.05) is 23.7 Å². The van der Waals surface area contributed by atoms with Crippen molar-refractivity contribution in [1.82, 2.24) is 10.2 Å². The number of ketones is 1. The van der Waals surface area contributed by atoms with E-state index in [0.717, 1.165) is 12.8 Å². The molecule has 1 aromatic rings. The van der Waals surface area contributed by atoms with E-state index in [1.54, 1.807) is 24.3 Å². The number of fused-ring (bicyclic) bond motifs is 2. The summed E-state index contributed by atoms with van der Waals surface area (Å²) in [6.07, 6.45) is 5.60. The third kappa shape index (κ3) is 3.00. The van der Waals surface area contributed by atoms with E-state index < -0.39 is 11.7 Å². The molecule has 0 spiro atoms. The van der Waals surface area contributed by atoms with Crippen molar-refractivity contribution in [2.45, 2.75) is 50.2 Å². The zero-order valence-electron chi connectivity index (χ0n) is 12.4. The van der Waals surface area contributed by atoms with Gasteiger partial charge in [-0.3, -0.25) is 9.59 Å². The molecule has 4 nitrogen and oxygen atoms in total. The minimum absolute atomic E-state index is 0.136. The standard InChI is InChI=1S/C17H22N2O2/c1-19-14-8-5-9-15(19)11-13(10-14)18-17(21)16(20)12-6-3-2-4-7-12/h2-4,6-7,13-15H,5,8-11H2,1H3,(H,18,21). The van der Waals surface area contributed by atoms with E-state index in [1.165, 1.54) is 19.3 Å². The van der Waals surface area contributed by atoms with Gasteiger partial charge < -0.3 is 10.2 Å². The molecule has 3 rings (SSSR count). The van der Waals surface area contributed by atoms with Crippen LogP contribution >= 0.6 is 0 Å². The minimum Gasteiger partial charge on any atom is -0.346 e. The molecule has 2 heterocycles. The average Bonchev–Trinajstić information content (AvgIpc) is 2.48. The summed E-state index contributed by atoms with van der Waals surface area (Å²) in [5.41, 5.74) is 0.461. The third-order valence-corrected chi connectivity index (χ3v) is 4.92. The summed E-state index contributed by atoms with van der Waals surface area (Å²) < 4.78 is 0. The van der Waals surface area contributed by atoms with Crippen LogP contribution < -0.4 is 5.32 Å². The summed E-state index contributed by atoms with van der Waals surface area (Å²) in [6, 6.07) is 10.0. The van der Waals surface area contributed by atoms with Crippen LogP contribution in [0.5, 0.6) is 0 Å². The highest BCUT2D eigenvalue weighted by Gasteiger charge is 2.36. The summed E-state index contributed by atoms with van der Waals surface area (Å²) in [7, 11) is 2.18. The number of amides is 1. The molecule has 1 aromatic carbocycles. The fraction of sp³-hybridized carbons (Fsp3) is 0.529. The molecule has 0 saturated carbocycles. The fourth-order valence-corrected chi connectivity index (χ4v) is 3.71. The van der Waals surface area contributed by atoms with Gasteiger partial charge in [-0.2, -0.15) is 0 Å². The van der Waals surface area contributed by atoms with E-state index in [9.17, 15) is 9.59 Å². The molecule has 2 saturated heterocycles. The lowest BCUT2D eigenvalue weighted by molar-refractivity contribution is -0.118. The molecule has 2 aliphatic rings. The molecule has 1 N–H and O–H groups in total. The monoisotopic (exact) mass is 286 g/mol. The molecule has 4 heteroatoms. The third-order valence-electron chi connectivity index (χ3n) is 4.92. The number of benzene rings is 1. The molecule has 0 aromatic heterocycles. The first-order valence-electron chi connectivity index (χ1n) is 7.77. The van der Waals surface area contributed by atoms with Crippen molar-refractivity contribution in [1.29, 1.82) is 0 Å². The molecule has 1 amide bonds. The lowest BCUT2D eigenvalue weighted by Crippen LogP contribution is -2.55. The van der Waals surface area contributed by atoms with Crippen molar-refractivity contribution in [3.05, 3.63) is 35.9 Å². The summed E-state index contributed by atoms with van der Waals surface area (Å²) in [6.45, 7) is 0. The molecule has 21 heavy (non-hydrogen) atoms. The van der Waals surface area contributed by atoms with Gasteiger partial charge >= 0.3 is 0 Å². The van der Waals surface area contributed by atoms with Crippen LogP contribution in [0.1, 0.15) is 42.5 Å². The number of carbonyl (C=O) groups is 2. The van der Waals surface area contributed by atoms with Crippen molar-refractivity contribution in [2.75, 3.05) is 7.05 Å². The number of Topliss-reactive ketones (excluding diaryl/α,β-unsaturated/α-hetero) is 1. The molecule has 2 fully saturated rings. The van der Waals surface area contributed by atoms with Gasteiger partial charge in [0.2, 0.25) is 5.78 Å². The smallest absolute Gasteiger partial charge is 0.292 e. The van der Waals surface area contributed by atoms with Crippen molar-refractivity contribution >= 4 is 11.7 Å². The van der Waals surface area contributed by atoms with Crippen LogP contribution in [-0.4, -0.2) is 41.8 Å². The molecule has 2 bridgehead atoms. The summed E-state index contributed by atoms with van der Waals surface area (Å²) in [5, 5.41) is 2.95. The highest BCUT2D eigenvalue weighted by Crippen LogP contribution is 2.32. The number of piperidine rings is 2. The van der Waals surface area contributed by atoms with E-state index in [2.05, 4.69) is 17.3 Å². The Hall–Kier alpha value is -1.68. The van der Waals surface area contributed by atoms with Crippen molar-refractivity contribution in [2.24, 2.45) is 0 Å². The summed E-state index contributed by atoms with van der Waals surface area (Å²) >= 11 is 0. The molecule has 0 radical (unpaired) electrons. The van der Waals surface area contributed by atoms with Gasteiger partial charge in [-0.15, -0.1) is 0 Å². The largest absolute Gasteiger partial charge is 0.346 e. The van der Waals surface area contributed by atoms with E-state index >= 15 is 0 Å². The molecule has 2 unspecified atom stereocenters. The minimum atomic E-state index is -0.464. The highest BCUT2D eigenvalue weighted by molar-refractivity contribution is 6.42. The van der Waals surface area contributed by atoms with Gasteiger partial charge in [-0.1, -0.05) is 36.8 Å². The van der Waals surface area contributed by atoms with Crippen molar-refractivity contribution in [3.63, 3.8) is 0 Å². The molecule has 112 valence electrons. The maximum absolute atomic E-state index is 12.1. The zero-order valence-corrected chi connectivity index (χ0v) is 12.4. The first-order valence-corrected chi connectivity index (χ1v) is 7.77. The Balaban J connectivity index is 1.62. The molecule has 2 aliphatic heterocycles. The summed E-state index contributed by atoms with van der Waals surface area (Å²) in [5.74, 6) is -0.895. The normalized spacial score (nSPS) is 28.9. The number of hydrogen-bond acceptors (Lipinski definition) is 3. The predicted molar refractivity (Wildman–Crippen MR) is 81.1 cm³/mol. The van der Waals surface area contributed by atoms with E-state index in [1.807, 2.05) is 6.07 Å². The van der Waals surface area contributed by atoms with Gasteiger partial charge in [0.05, 0.1) is 0 Å². The number of nitrogens with zero attached hydrogens (tertiary/aromatic N) is 1. The first kappa shape index (κ1) is 14.3. The van der Waals surface area contributed by atoms with Crippen LogP contribution in [0.4, 0.5) is 0 Å². The quantitative estimate of drug-likeness (QED) is 0.683. The molecule has 0 aliphatic carbocycles. The Morgan fingerprint density at radius 2 is 1.71 bits per heavy atom. The Labute approximate surface area is 125 Å². The van der Waals surface area contributed by atoms with Gasteiger partial charge in [-0.05, 0) is 32.7 Å². The fourth-order valence-electron chi connectivity index (χ4n) is 3.71. The molecule has 2 atom stereocenters. The van der Waals surface area contributed by atoms with E-state index in [-0.39, 0.29) is 6.04 Å². The molecular formula is C17H22N2O2. The van der Waals surface area contributed by atoms with Crippen LogP contribution in [0.2, 0.25) is 0 Å². The Morgan fingerprint density at radius 3 is 2.33 bits per heavy atom. The predicted octanol–water partition coefficient (Wildman–Crippen LogP) is 2.00. The zero-order chi connectivity index (χ0) is 14.8. The van der Waals surface area contributed by atoms with Crippen molar-refractivity contribution in [3.8, 4) is 0 Å². The van der Waals surface area contributed by atoms with Crippen LogP contribution in [0.25, 0.3) is 0 Å². The second-order valence-electron chi connectivity index (χ2n) is 6.24. The highest BCUT2D eigenvalue weighted by atomic mass is 16.2. The topological polar surface area (TPSA) is 49.4 Å². The summed E-state index contributed by atoms with van der Waals surface area (Å²) in [4.78, 5) is 26.7. The number of rotatable bonds is 3. The SMILES string of the molecule is CN1C2CCCC1CC(NC(=O)C(=O)c1ccccc1)C2. The first-order chi connectivity index (χ1) is 10.1. The van der Waals surface area contributed by atoms with Gasteiger partial charge in [-0.25, -0.2) is 0 Å². The van der Waals surface area contributed by atoms with Crippen molar-refractivity contribution < 1.29 is 9.59 Å². The second-order valence-corrected chi connectivity index (χ2v) is 6.24. The van der Waals surface area contributed by atoms with Crippen LogP contribution in [0.3, 0.4) is 0 Å². The van der Waals surface area contributed by atoms with Gasteiger partial charge in [0.1, 0.15) is 0 Å². The van der Waals surface area contributed by atoms with Crippen LogP contribution in [0, 0.1) is 0 Å². The Bertz CT molecular complexity index is 515. The Kier molecular flexibility index (Phi) is 4.06. The maximum atomic E-state index is 12.1. The Morgan fingerprint density at radius 1 is 1.10 bits per heavy atom. The number of hydrogen-bond donors (Lipinski definition) is 1. The maximum Gasteiger partial charge on any atom is 0.292 e. The number of nitrogens with one attached hydrogen (secondary N) is 1. The van der Waals surface area contributed by atoms with Gasteiger partial charge in [0.25, 0.3) is 5.91 Å². The van der Waals surface area contributed by atoms with E-state index in [4.69, 9.17) is 0 Å². The van der Waals surface area contributed by atoms with Crippen LogP contribution in [-0.2, 0) is 4.79 Å². The lowest BCUT2D eigenvalue weighted by atomic mass is 9.82. The lowest BCUT2D eigenvalue weighted by Gasteiger charge is -2.47. The van der Waals surface area contributed by atoms with E-state index in [0.29, 0.717) is 17.6 Å². The molecular weight excluding hydrogens is 264 g/mol. The van der Waals surface area contributed by atoms with Gasteiger partial charge in [0.15, 0.2) is 0 Å². The second kappa shape index (κ2) is 5.98. The average molecular weight is 286 g/mol.